The van der Waals surface area contributed by atoms with E-state index < -0.39 is 0 Å². The second-order valence-electron chi connectivity index (χ2n) is 14.4. The molecule has 0 radical (unpaired) electrons. The number of thiophene rings is 2. The van der Waals surface area contributed by atoms with Crippen molar-refractivity contribution < 1.29 is 0 Å². The number of para-hydroxylation sites is 1. The number of hydrogen-bond donors (Lipinski definition) is 0. The highest BCUT2D eigenvalue weighted by Gasteiger charge is 2.28. The molecule has 0 N–H and O–H groups in total. The van der Waals surface area contributed by atoms with Gasteiger partial charge in [0.15, 0.2) is 0 Å². The van der Waals surface area contributed by atoms with Crippen molar-refractivity contribution in [3.8, 4) is 44.5 Å². The zero-order valence-corrected chi connectivity index (χ0v) is 32.6. The number of nitrogens with zero attached hydrogens (tertiary/aromatic N) is 1. The summed E-state index contributed by atoms with van der Waals surface area (Å²) in [7, 11) is 0. The molecule has 268 valence electrons. The molecule has 9 aromatic carbocycles. The molecule has 1 nitrogen and oxygen atoms in total. The monoisotopic (exact) mass is 761 g/mol. The third-order valence-corrected chi connectivity index (χ3v) is 13.4. The summed E-state index contributed by atoms with van der Waals surface area (Å²) in [6.45, 7) is 0. The smallest absolute Gasteiger partial charge is 0.0618 e. The fourth-order valence-corrected chi connectivity index (χ4v) is 10.9. The highest BCUT2D eigenvalue weighted by atomic mass is 32.1. The van der Waals surface area contributed by atoms with Crippen molar-refractivity contribution in [1.82, 2.24) is 0 Å². The molecule has 0 amide bonds. The SMILES string of the molecule is c1ccc(-c2ccc3c(c2)sc2cccc(N(c4c(-c5ccccc5)cccc4-c4ccccc4)c4ccc(-c5ccccc5)c5sc6ccccc6c45)c23)cc1. The van der Waals surface area contributed by atoms with Crippen LogP contribution in [0.15, 0.2) is 212 Å². The summed E-state index contributed by atoms with van der Waals surface area (Å²) in [6.07, 6.45) is 0. The molecule has 2 aromatic heterocycles. The van der Waals surface area contributed by atoms with Gasteiger partial charge < -0.3 is 4.90 Å². The zero-order valence-electron chi connectivity index (χ0n) is 31.0. The number of fused-ring (bicyclic) bond motifs is 6. The second kappa shape index (κ2) is 14.1. The lowest BCUT2D eigenvalue weighted by Crippen LogP contribution is -2.13. The van der Waals surface area contributed by atoms with Crippen LogP contribution in [0.2, 0.25) is 0 Å². The maximum absolute atomic E-state index is 2.60. The third kappa shape index (κ3) is 5.74. The van der Waals surface area contributed by atoms with E-state index in [4.69, 9.17) is 0 Å². The standard InChI is InChI=1S/C54H35NS2/c1-5-17-36(18-6-1)40-31-32-45-50(35-40)56-49-30-16-28-46(51(45)49)55(53-41(37-19-7-2-8-20-37)26-15-27-42(53)38-21-9-3-10-22-38)47-34-33-43(39-23-11-4-12-24-39)54-52(47)44-25-13-14-29-48(44)57-54/h1-35H. The third-order valence-electron chi connectivity index (χ3n) is 11.1. The number of benzene rings is 9. The van der Waals surface area contributed by atoms with Gasteiger partial charge in [-0.25, -0.2) is 0 Å². The summed E-state index contributed by atoms with van der Waals surface area (Å²) < 4.78 is 5.12. The molecule has 57 heavy (non-hydrogen) atoms. The first kappa shape index (κ1) is 33.5. The van der Waals surface area contributed by atoms with Crippen LogP contribution in [0.25, 0.3) is 84.9 Å². The Labute approximate surface area is 340 Å². The van der Waals surface area contributed by atoms with Gasteiger partial charge in [0.1, 0.15) is 0 Å². The fourth-order valence-electron chi connectivity index (χ4n) is 8.50. The highest BCUT2D eigenvalue weighted by molar-refractivity contribution is 7.26. The normalized spacial score (nSPS) is 11.5. The summed E-state index contributed by atoms with van der Waals surface area (Å²) in [4.78, 5) is 2.60. The fraction of sp³-hybridized carbons (Fsp3) is 0. The van der Waals surface area contributed by atoms with E-state index in [1.165, 1.54) is 84.9 Å². The van der Waals surface area contributed by atoms with Gasteiger partial charge >= 0.3 is 0 Å². The minimum atomic E-state index is 1.16. The number of anilines is 3. The number of rotatable bonds is 7. The molecular formula is C54H35NS2. The first-order valence-corrected chi connectivity index (χ1v) is 21.0. The van der Waals surface area contributed by atoms with Gasteiger partial charge in [-0.15, -0.1) is 22.7 Å². The van der Waals surface area contributed by atoms with E-state index in [9.17, 15) is 0 Å². The zero-order chi connectivity index (χ0) is 37.7. The van der Waals surface area contributed by atoms with Crippen LogP contribution >= 0.6 is 22.7 Å². The average Bonchev–Trinajstić information content (AvgIpc) is 3.87. The van der Waals surface area contributed by atoms with Crippen LogP contribution in [0.5, 0.6) is 0 Å². The Balaban J connectivity index is 1.29. The molecule has 2 heterocycles. The highest BCUT2D eigenvalue weighted by Crippen LogP contribution is 2.54. The second-order valence-corrected chi connectivity index (χ2v) is 16.5. The maximum atomic E-state index is 2.60. The van der Waals surface area contributed by atoms with Crippen molar-refractivity contribution in [2.45, 2.75) is 0 Å². The van der Waals surface area contributed by atoms with Crippen molar-refractivity contribution in [3.63, 3.8) is 0 Å². The van der Waals surface area contributed by atoms with Gasteiger partial charge in [0, 0.05) is 51.5 Å². The Morgan fingerprint density at radius 1 is 0.298 bits per heavy atom. The van der Waals surface area contributed by atoms with Crippen LogP contribution in [-0.4, -0.2) is 0 Å². The van der Waals surface area contributed by atoms with Gasteiger partial charge in [-0.2, -0.15) is 0 Å². The predicted octanol–water partition coefficient (Wildman–Crippen LogP) is 16.6. The Morgan fingerprint density at radius 3 is 1.49 bits per heavy atom. The van der Waals surface area contributed by atoms with Crippen LogP contribution in [0.4, 0.5) is 17.1 Å². The van der Waals surface area contributed by atoms with Crippen LogP contribution < -0.4 is 4.90 Å². The molecule has 11 aromatic rings. The Hall–Kier alpha value is -6.78. The van der Waals surface area contributed by atoms with E-state index in [0.29, 0.717) is 0 Å². The molecule has 0 fully saturated rings. The van der Waals surface area contributed by atoms with Crippen molar-refractivity contribution in [2.24, 2.45) is 0 Å². The summed E-state index contributed by atoms with van der Waals surface area (Å²) in [5.41, 5.74) is 13.1. The minimum Gasteiger partial charge on any atom is -0.308 e. The molecule has 0 spiro atoms. The van der Waals surface area contributed by atoms with Gasteiger partial charge in [0.25, 0.3) is 0 Å². The largest absolute Gasteiger partial charge is 0.308 e. The van der Waals surface area contributed by atoms with Crippen molar-refractivity contribution in [2.75, 3.05) is 4.90 Å². The van der Waals surface area contributed by atoms with E-state index in [1.54, 1.807) is 0 Å². The topological polar surface area (TPSA) is 3.24 Å². The van der Waals surface area contributed by atoms with E-state index in [0.717, 1.165) is 17.1 Å². The lowest BCUT2D eigenvalue weighted by molar-refractivity contribution is 1.32. The predicted molar refractivity (Wildman–Crippen MR) is 249 cm³/mol. The van der Waals surface area contributed by atoms with Crippen LogP contribution in [0.3, 0.4) is 0 Å². The van der Waals surface area contributed by atoms with Gasteiger partial charge in [-0.1, -0.05) is 182 Å². The lowest BCUT2D eigenvalue weighted by atomic mass is 9.93. The van der Waals surface area contributed by atoms with E-state index in [2.05, 4.69) is 217 Å². The molecule has 0 aliphatic rings. The summed E-state index contributed by atoms with van der Waals surface area (Å²) in [5, 5.41) is 5.06. The first-order chi connectivity index (χ1) is 28.3. The number of hydrogen-bond acceptors (Lipinski definition) is 3. The maximum Gasteiger partial charge on any atom is 0.0618 e. The molecular weight excluding hydrogens is 727 g/mol. The van der Waals surface area contributed by atoms with Crippen molar-refractivity contribution in [3.05, 3.63) is 212 Å². The quantitative estimate of drug-likeness (QED) is 0.156. The first-order valence-electron chi connectivity index (χ1n) is 19.3. The van der Waals surface area contributed by atoms with Crippen molar-refractivity contribution >= 4 is 80.1 Å². The van der Waals surface area contributed by atoms with Gasteiger partial charge in [0.2, 0.25) is 0 Å². The van der Waals surface area contributed by atoms with Crippen LogP contribution in [0.1, 0.15) is 0 Å². The Kier molecular flexibility index (Phi) is 8.28. The molecule has 0 bridgehead atoms. The average molecular weight is 762 g/mol. The lowest BCUT2D eigenvalue weighted by Gasteiger charge is -2.32. The van der Waals surface area contributed by atoms with Crippen LogP contribution in [0, 0.1) is 0 Å². The molecule has 11 rings (SSSR count). The molecule has 3 heteroatoms. The molecule has 0 atom stereocenters. The Bertz CT molecular complexity index is 3160. The van der Waals surface area contributed by atoms with E-state index >= 15 is 0 Å². The minimum absolute atomic E-state index is 1.16. The summed E-state index contributed by atoms with van der Waals surface area (Å²) in [5.74, 6) is 0. The van der Waals surface area contributed by atoms with Gasteiger partial charge in [-0.05, 0) is 63.7 Å². The molecule has 0 saturated heterocycles. The Morgan fingerprint density at radius 2 is 0.825 bits per heavy atom. The molecule has 0 saturated carbocycles. The summed E-state index contributed by atoms with van der Waals surface area (Å²) in [6, 6.07) is 77.6. The summed E-state index contributed by atoms with van der Waals surface area (Å²) >= 11 is 3.77. The van der Waals surface area contributed by atoms with E-state index in [1.807, 2.05) is 22.7 Å². The van der Waals surface area contributed by atoms with Crippen LogP contribution in [-0.2, 0) is 0 Å². The van der Waals surface area contributed by atoms with E-state index in [-0.39, 0.29) is 0 Å². The molecule has 0 unspecified atom stereocenters. The van der Waals surface area contributed by atoms with Gasteiger partial charge in [0.05, 0.1) is 17.1 Å². The molecule has 0 aliphatic heterocycles. The van der Waals surface area contributed by atoms with Gasteiger partial charge in [-0.3, -0.25) is 0 Å². The van der Waals surface area contributed by atoms with Crippen molar-refractivity contribution in [1.29, 1.82) is 0 Å². The molecule has 0 aliphatic carbocycles.